The zero-order valence-electron chi connectivity index (χ0n) is 16.6. The van der Waals surface area contributed by atoms with Crippen LogP contribution in [-0.4, -0.2) is 5.78 Å². The molecular weight excluding hydrogens is 292 g/mol. The van der Waals surface area contributed by atoms with Crippen LogP contribution in [0.15, 0.2) is 11.6 Å². The van der Waals surface area contributed by atoms with Gasteiger partial charge in [0.2, 0.25) is 0 Å². The first-order valence-corrected chi connectivity index (χ1v) is 10.2. The Kier molecular flexibility index (Phi) is 8.28. The molecule has 5 unspecified atom stereocenters. The molecule has 0 spiro atoms. The highest BCUT2D eigenvalue weighted by molar-refractivity contribution is 5.91. The Balaban J connectivity index is 0.000000671. The molecule has 0 bridgehead atoms. The smallest absolute Gasteiger partial charge is 0.155 e. The molecule has 0 aromatic heterocycles. The van der Waals surface area contributed by atoms with Gasteiger partial charge in [0.1, 0.15) is 0 Å². The van der Waals surface area contributed by atoms with Crippen molar-refractivity contribution >= 4 is 5.78 Å². The minimum absolute atomic E-state index is 0.385. The fourth-order valence-electron chi connectivity index (χ4n) is 5.81. The average molecular weight is 331 g/mol. The Morgan fingerprint density at radius 1 is 1.08 bits per heavy atom. The first-order chi connectivity index (χ1) is 11.6. The van der Waals surface area contributed by atoms with E-state index in [4.69, 9.17) is 0 Å². The van der Waals surface area contributed by atoms with Gasteiger partial charge in [0, 0.05) is 6.42 Å². The third kappa shape index (κ3) is 3.96. The van der Waals surface area contributed by atoms with Crippen LogP contribution in [0.2, 0.25) is 0 Å². The Morgan fingerprint density at radius 2 is 1.75 bits per heavy atom. The van der Waals surface area contributed by atoms with Crippen molar-refractivity contribution in [1.29, 1.82) is 0 Å². The molecule has 2 fully saturated rings. The van der Waals surface area contributed by atoms with E-state index in [0.29, 0.717) is 11.2 Å². The number of fused-ring (bicyclic) bond motifs is 3. The maximum absolute atomic E-state index is 11.7. The van der Waals surface area contributed by atoms with Gasteiger partial charge in [-0.1, -0.05) is 53.0 Å². The summed E-state index contributed by atoms with van der Waals surface area (Å²) < 4.78 is 0. The largest absolute Gasteiger partial charge is 0.295 e. The lowest BCUT2D eigenvalue weighted by molar-refractivity contribution is -0.116. The van der Waals surface area contributed by atoms with E-state index < -0.39 is 0 Å². The quantitative estimate of drug-likeness (QED) is 0.533. The number of hydrogen-bond acceptors (Lipinski definition) is 1. The number of rotatable bonds is 2. The highest BCUT2D eigenvalue weighted by Crippen LogP contribution is 2.58. The molecule has 0 saturated heterocycles. The predicted molar refractivity (Wildman–Crippen MR) is 105 cm³/mol. The molecule has 3 rings (SSSR count). The highest BCUT2D eigenvalue weighted by Gasteiger charge is 2.49. The molecule has 24 heavy (non-hydrogen) atoms. The third-order valence-corrected chi connectivity index (χ3v) is 7.07. The second kappa shape index (κ2) is 9.45. The van der Waals surface area contributed by atoms with Crippen LogP contribution in [0.5, 0.6) is 0 Å². The molecule has 0 heterocycles. The number of carbonyl (C=O) groups excluding carboxylic acids is 1. The summed E-state index contributed by atoms with van der Waals surface area (Å²) in [6, 6.07) is 0. The van der Waals surface area contributed by atoms with Crippen molar-refractivity contribution in [2.75, 3.05) is 0 Å². The summed E-state index contributed by atoms with van der Waals surface area (Å²) in [5.41, 5.74) is 2.08. The van der Waals surface area contributed by atoms with Crippen LogP contribution < -0.4 is 0 Å². The summed E-state index contributed by atoms with van der Waals surface area (Å²) in [5.74, 6) is 3.85. The normalized spacial score (nSPS) is 37.5. The zero-order valence-corrected chi connectivity index (χ0v) is 16.6. The minimum atomic E-state index is 0.385. The van der Waals surface area contributed by atoms with E-state index in [2.05, 4.69) is 33.6 Å². The average Bonchev–Trinajstić information content (AvgIpc) is 2.64. The summed E-state index contributed by atoms with van der Waals surface area (Å²) in [5, 5.41) is 0. The lowest BCUT2D eigenvalue weighted by atomic mass is 9.50. The molecule has 2 saturated carbocycles. The lowest BCUT2D eigenvalue weighted by Crippen LogP contribution is -2.46. The Hall–Kier alpha value is -1.03. The number of carbonyl (C=O) groups is 1. The van der Waals surface area contributed by atoms with E-state index in [1.165, 1.54) is 44.1 Å². The van der Waals surface area contributed by atoms with Gasteiger partial charge >= 0.3 is 0 Å². The molecule has 1 heteroatoms. The van der Waals surface area contributed by atoms with Crippen LogP contribution in [0.1, 0.15) is 86.0 Å². The van der Waals surface area contributed by atoms with E-state index in [-0.39, 0.29) is 0 Å². The monoisotopic (exact) mass is 330 g/mol. The molecule has 0 aromatic rings. The fraction of sp³-hybridized carbons (Fsp3) is 0.783. The third-order valence-electron chi connectivity index (χ3n) is 7.07. The van der Waals surface area contributed by atoms with Gasteiger partial charge in [-0.05, 0) is 67.3 Å². The standard InChI is InChI=1S/C19H30O.C2H6.C2H2/c1-4-18-17-8-6-13-12-14(20)7-9-15(13)16(17)10-11-19(18,3)5-2;2*1-2/h12,15-18H,4-11H2,1-3H3;1-2H3;1-2H. The fourth-order valence-corrected chi connectivity index (χ4v) is 5.81. The van der Waals surface area contributed by atoms with E-state index in [1.54, 1.807) is 0 Å². The number of hydrogen-bond donors (Lipinski definition) is 0. The number of allylic oxidation sites excluding steroid dienone is 2. The molecule has 1 nitrogen and oxygen atoms in total. The van der Waals surface area contributed by atoms with Gasteiger partial charge in [0.25, 0.3) is 0 Å². The summed E-state index contributed by atoms with van der Waals surface area (Å²) in [7, 11) is 0. The van der Waals surface area contributed by atoms with Gasteiger partial charge in [-0.3, -0.25) is 4.79 Å². The first kappa shape index (κ1) is 21.0. The van der Waals surface area contributed by atoms with Gasteiger partial charge in [0.05, 0.1) is 0 Å². The van der Waals surface area contributed by atoms with Crippen molar-refractivity contribution in [3.05, 3.63) is 11.6 Å². The predicted octanol–water partition coefficient (Wildman–Crippen LogP) is 6.43. The van der Waals surface area contributed by atoms with Gasteiger partial charge < -0.3 is 0 Å². The van der Waals surface area contributed by atoms with Crippen LogP contribution >= 0.6 is 0 Å². The lowest BCUT2D eigenvalue weighted by Gasteiger charge is -2.54. The molecular formula is C23H38O. The van der Waals surface area contributed by atoms with Crippen LogP contribution in [-0.2, 0) is 4.79 Å². The molecule has 0 radical (unpaired) electrons. The molecule has 3 aliphatic rings. The van der Waals surface area contributed by atoms with E-state index in [1.807, 2.05) is 19.9 Å². The van der Waals surface area contributed by atoms with E-state index in [0.717, 1.165) is 36.5 Å². The first-order valence-electron chi connectivity index (χ1n) is 10.2. The van der Waals surface area contributed by atoms with Crippen molar-refractivity contribution in [1.82, 2.24) is 0 Å². The van der Waals surface area contributed by atoms with Crippen molar-refractivity contribution in [2.45, 2.75) is 86.0 Å². The summed E-state index contributed by atoms with van der Waals surface area (Å²) >= 11 is 0. The second-order valence-electron chi connectivity index (χ2n) is 7.76. The molecule has 0 N–H and O–H groups in total. The van der Waals surface area contributed by atoms with Gasteiger partial charge in [-0.15, -0.1) is 12.8 Å². The Bertz CT molecular complexity index is 458. The Morgan fingerprint density at radius 3 is 2.33 bits per heavy atom. The van der Waals surface area contributed by atoms with Crippen molar-refractivity contribution < 1.29 is 4.79 Å². The highest BCUT2D eigenvalue weighted by atomic mass is 16.1. The molecule has 5 atom stereocenters. The molecule has 0 amide bonds. The van der Waals surface area contributed by atoms with Crippen molar-refractivity contribution in [3.63, 3.8) is 0 Å². The maximum Gasteiger partial charge on any atom is 0.155 e. The van der Waals surface area contributed by atoms with Crippen molar-refractivity contribution in [3.8, 4) is 12.8 Å². The van der Waals surface area contributed by atoms with Crippen LogP contribution in [0, 0.1) is 41.9 Å². The SMILES string of the molecule is C#C.CC.CCC1C2CCC3=CC(=O)CCC3C2CCC1(C)CC. The summed E-state index contributed by atoms with van der Waals surface area (Å²) in [6.07, 6.45) is 20.0. The number of ketones is 1. The summed E-state index contributed by atoms with van der Waals surface area (Å²) in [6.45, 7) is 11.3. The number of terminal acetylenes is 1. The van der Waals surface area contributed by atoms with Gasteiger partial charge in [-0.25, -0.2) is 0 Å². The van der Waals surface area contributed by atoms with Gasteiger partial charge in [-0.2, -0.15) is 0 Å². The topological polar surface area (TPSA) is 17.1 Å². The van der Waals surface area contributed by atoms with Crippen LogP contribution in [0.3, 0.4) is 0 Å². The van der Waals surface area contributed by atoms with Crippen LogP contribution in [0.4, 0.5) is 0 Å². The van der Waals surface area contributed by atoms with E-state index in [9.17, 15) is 4.79 Å². The molecule has 0 aliphatic heterocycles. The van der Waals surface area contributed by atoms with Gasteiger partial charge in [0.15, 0.2) is 5.78 Å². The van der Waals surface area contributed by atoms with Crippen LogP contribution in [0.25, 0.3) is 0 Å². The second-order valence-corrected chi connectivity index (χ2v) is 7.76. The molecule has 3 aliphatic carbocycles. The zero-order chi connectivity index (χ0) is 18.3. The summed E-state index contributed by atoms with van der Waals surface area (Å²) in [4.78, 5) is 11.7. The van der Waals surface area contributed by atoms with E-state index >= 15 is 0 Å². The Labute approximate surface area is 150 Å². The molecule has 0 aromatic carbocycles. The molecule has 136 valence electrons. The maximum atomic E-state index is 11.7. The van der Waals surface area contributed by atoms with Crippen molar-refractivity contribution in [2.24, 2.45) is 29.1 Å². The minimum Gasteiger partial charge on any atom is -0.295 e.